The summed E-state index contributed by atoms with van der Waals surface area (Å²) in [5, 5.41) is 3.88. The van der Waals surface area contributed by atoms with E-state index in [1.54, 1.807) is 6.07 Å². The Morgan fingerprint density at radius 3 is 2.88 bits per heavy atom. The predicted molar refractivity (Wildman–Crippen MR) is 63.9 cm³/mol. The van der Waals surface area contributed by atoms with Gasteiger partial charge in [0.1, 0.15) is 16.8 Å². The Morgan fingerprint density at radius 1 is 1.44 bits per heavy atom. The normalized spacial score (nSPS) is 17.4. The maximum Gasteiger partial charge on any atom is 0.134 e. The van der Waals surface area contributed by atoms with E-state index in [0.717, 1.165) is 44.1 Å². The van der Waals surface area contributed by atoms with Crippen molar-refractivity contribution in [2.24, 2.45) is 0 Å². The number of halogens is 1. The van der Waals surface area contributed by atoms with Gasteiger partial charge in [0.05, 0.1) is 0 Å². The monoisotopic (exact) mass is 241 g/mol. The van der Waals surface area contributed by atoms with Gasteiger partial charge in [0, 0.05) is 31.7 Å². The van der Waals surface area contributed by atoms with E-state index in [9.17, 15) is 0 Å². The van der Waals surface area contributed by atoms with Crippen LogP contribution in [-0.4, -0.2) is 29.2 Å². The third-order valence-corrected chi connectivity index (χ3v) is 2.82. The van der Waals surface area contributed by atoms with Gasteiger partial charge >= 0.3 is 0 Å². The SMILES string of the molecule is CCc1nc(Cl)cc(NC2CCOCC2)n1. The van der Waals surface area contributed by atoms with Crippen molar-refractivity contribution in [1.29, 1.82) is 0 Å². The number of hydrogen-bond donors (Lipinski definition) is 1. The third-order valence-electron chi connectivity index (χ3n) is 2.63. The summed E-state index contributed by atoms with van der Waals surface area (Å²) in [6.45, 7) is 3.65. The zero-order valence-electron chi connectivity index (χ0n) is 9.37. The van der Waals surface area contributed by atoms with Crippen LogP contribution in [0.1, 0.15) is 25.6 Å². The molecule has 16 heavy (non-hydrogen) atoms. The average Bonchev–Trinajstić information content (AvgIpc) is 2.29. The van der Waals surface area contributed by atoms with Crippen LogP contribution in [0.5, 0.6) is 0 Å². The highest BCUT2D eigenvalue weighted by Crippen LogP contribution is 2.16. The Bertz CT molecular complexity index is 353. The highest BCUT2D eigenvalue weighted by Gasteiger charge is 2.14. The maximum absolute atomic E-state index is 5.93. The first-order valence-corrected chi connectivity index (χ1v) is 6.03. The topological polar surface area (TPSA) is 47.0 Å². The second-order valence-corrected chi connectivity index (χ2v) is 4.26. The van der Waals surface area contributed by atoms with Gasteiger partial charge in [-0.3, -0.25) is 0 Å². The van der Waals surface area contributed by atoms with Gasteiger partial charge in [-0.15, -0.1) is 0 Å². The van der Waals surface area contributed by atoms with Gasteiger partial charge in [0.15, 0.2) is 0 Å². The first-order chi connectivity index (χ1) is 7.78. The number of hydrogen-bond acceptors (Lipinski definition) is 4. The van der Waals surface area contributed by atoms with E-state index in [2.05, 4.69) is 15.3 Å². The molecule has 1 aromatic heterocycles. The Balaban J connectivity index is 2.04. The summed E-state index contributed by atoms with van der Waals surface area (Å²) in [5.41, 5.74) is 0. The van der Waals surface area contributed by atoms with Crippen LogP contribution in [0.3, 0.4) is 0 Å². The molecule has 2 heterocycles. The van der Waals surface area contributed by atoms with Gasteiger partial charge in [-0.2, -0.15) is 0 Å². The molecule has 0 saturated carbocycles. The van der Waals surface area contributed by atoms with Gasteiger partial charge in [-0.1, -0.05) is 18.5 Å². The average molecular weight is 242 g/mol. The van der Waals surface area contributed by atoms with Gasteiger partial charge in [0.2, 0.25) is 0 Å². The van der Waals surface area contributed by atoms with Gasteiger partial charge in [-0.05, 0) is 12.8 Å². The minimum absolute atomic E-state index is 0.435. The molecule has 1 aliphatic heterocycles. The Kier molecular flexibility index (Phi) is 3.96. The molecular formula is C11H16ClN3O. The van der Waals surface area contributed by atoms with Crippen LogP contribution in [0.4, 0.5) is 5.82 Å². The van der Waals surface area contributed by atoms with E-state index in [-0.39, 0.29) is 0 Å². The van der Waals surface area contributed by atoms with Crippen LogP contribution < -0.4 is 5.32 Å². The number of aromatic nitrogens is 2. The molecule has 1 saturated heterocycles. The molecule has 5 heteroatoms. The molecule has 0 aromatic carbocycles. The fourth-order valence-electron chi connectivity index (χ4n) is 1.75. The fraction of sp³-hybridized carbons (Fsp3) is 0.636. The second-order valence-electron chi connectivity index (χ2n) is 3.88. The minimum Gasteiger partial charge on any atom is -0.381 e. The Hall–Kier alpha value is -0.870. The van der Waals surface area contributed by atoms with E-state index >= 15 is 0 Å². The molecule has 0 amide bonds. The molecule has 0 aliphatic carbocycles. The zero-order chi connectivity index (χ0) is 11.4. The number of ether oxygens (including phenoxy) is 1. The summed E-state index contributed by atoms with van der Waals surface area (Å²) in [6, 6.07) is 2.21. The summed E-state index contributed by atoms with van der Waals surface area (Å²) >= 11 is 5.93. The van der Waals surface area contributed by atoms with Gasteiger partial charge in [-0.25, -0.2) is 9.97 Å². The molecule has 0 unspecified atom stereocenters. The number of aryl methyl sites for hydroxylation is 1. The standard InChI is InChI=1S/C11H16ClN3O/c1-2-10-14-9(12)7-11(15-10)13-8-3-5-16-6-4-8/h7-8H,2-6H2,1H3,(H,13,14,15). The summed E-state index contributed by atoms with van der Waals surface area (Å²) in [6.07, 6.45) is 2.83. The summed E-state index contributed by atoms with van der Waals surface area (Å²) in [5.74, 6) is 1.60. The molecular weight excluding hydrogens is 226 g/mol. The lowest BCUT2D eigenvalue weighted by molar-refractivity contribution is 0.0904. The van der Waals surface area contributed by atoms with Crippen LogP contribution in [0.25, 0.3) is 0 Å². The summed E-state index contributed by atoms with van der Waals surface area (Å²) in [7, 11) is 0. The van der Waals surface area contributed by atoms with Crippen LogP contribution in [0.2, 0.25) is 5.15 Å². The molecule has 0 bridgehead atoms. The van der Waals surface area contributed by atoms with Crippen LogP contribution in [0, 0.1) is 0 Å². The molecule has 0 radical (unpaired) electrons. The molecule has 0 spiro atoms. The largest absolute Gasteiger partial charge is 0.381 e. The molecule has 1 fully saturated rings. The molecule has 2 rings (SSSR count). The lowest BCUT2D eigenvalue weighted by Gasteiger charge is -2.23. The number of anilines is 1. The summed E-state index contributed by atoms with van der Waals surface area (Å²) < 4.78 is 5.31. The van der Waals surface area contributed by atoms with Crippen molar-refractivity contribution in [2.75, 3.05) is 18.5 Å². The van der Waals surface area contributed by atoms with Crippen molar-refractivity contribution < 1.29 is 4.74 Å². The Morgan fingerprint density at radius 2 is 2.19 bits per heavy atom. The zero-order valence-corrected chi connectivity index (χ0v) is 10.1. The minimum atomic E-state index is 0.435. The van der Waals surface area contributed by atoms with Crippen LogP contribution in [-0.2, 0) is 11.2 Å². The van der Waals surface area contributed by atoms with Gasteiger partial charge < -0.3 is 10.1 Å². The fourth-order valence-corrected chi connectivity index (χ4v) is 1.95. The van der Waals surface area contributed by atoms with Crippen molar-refractivity contribution in [3.05, 3.63) is 17.0 Å². The van der Waals surface area contributed by atoms with Crippen molar-refractivity contribution in [2.45, 2.75) is 32.2 Å². The predicted octanol–water partition coefficient (Wildman–Crippen LogP) is 2.28. The maximum atomic E-state index is 5.93. The lowest BCUT2D eigenvalue weighted by Crippen LogP contribution is -2.28. The van der Waals surface area contributed by atoms with E-state index in [4.69, 9.17) is 16.3 Å². The van der Waals surface area contributed by atoms with Crippen molar-refractivity contribution in [3.8, 4) is 0 Å². The molecule has 0 atom stereocenters. The first kappa shape index (κ1) is 11.6. The number of nitrogens with one attached hydrogen (secondary N) is 1. The lowest BCUT2D eigenvalue weighted by atomic mass is 10.1. The molecule has 1 N–H and O–H groups in total. The molecule has 1 aliphatic rings. The van der Waals surface area contributed by atoms with Crippen LogP contribution >= 0.6 is 11.6 Å². The highest BCUT2D eigenvalue weighted by atomic mass is 35.5. The van der Waals surface area contributed by atoms with Crippen LogP contribution in [0.15, 0.2) is 6.07 Å². The second kappa shape index (κ2) is 5.46. The molecule has 1 aromatic rings. The number of nitrogens with zero attached hydrogens (tertiary/aromatic N) is 2. The van der Waals surface area contributed by atoms with E-state index in [0.29, 0.717) is 11.2 Å². The third kappa shape index (κ3) is 3.06. The first-order valence-electron chi connectivity index (χ1n) is 5.65. The smallest absolute Gasteiger partial charge is 0.134 e. The van der Waals surface area contributed by atoms with Gasteiger partial charge in [0.25, 0.3) is 0 Å². The van der Waals surface area contributed by atoms with E-state index < -0.39 is 0 Å². The molecule has 88 valence electrons. The van der Waals surface area contributed by atoms with Crippen molar-refractivity contribution >= 4 is 17.4 Å². The quantitative estimate of drug-likeness (QED) is 0.825. The Labute approximate surface area is 100 Å². The summed E-state index contributed by atoms with van der Waals surface area (Å²) in [4.78, 5) is 8.53. The highest BCUT2D eigenvalue weighted by molar-refractivity contribution is 6.29. The molecule has 4 nitrogen and oxygen atoms in total. The van der Waals surface area contributed by atoms with E-state index in [1.165, 1.54) is 0 Å². The van der Waals surface area contributed by atoms with Crippen molar-refractivity contribution in [3.63, 3.8) is 0 Å². The number of rotatable bonds is 3. The van der Waals surface area contributed by atoms with Crippen molar-refractivity contribution in [1.82, 2.24) is 9.97 Å². The van der Waals surface area contributed by atoms with E-state index in [1.807, 2.05) is 6.92 Å².